The van der Waals surface area contributed by atoms with Gasteiger partial charge in [0.15, 0.2) is 0 Å². The fourth-order valence-corrected chi connectivity index (χ4v) is 1.96. The molecule has 2 aromatic rings. The molecule has 0 aliphatic rings. The summed E-state index contributed by atoms with van der Waals surface area (Å²) in [5.41, 5.74) is 0.929. The van der Waals surface area contributed by atoms with Crippen molar-refractivity contribution >= 4 is 33.2 Å². The third-order valence-corrected chi connectivity index (χ3v) is 3.23. The van der Waals surface area contributed by atoms with Crippen LogP contribution in [0.5, 0.6) is 5.75 Å². The van der Waals surface area contributed by atoms with Gasteiger partial charge in [0.1, 0.15) is 12.4 Å². The number of rotatable bonds is 5. The van der Waals surface area contributed by atoms with Crippen LogP contribution < -0.4 is 10.1 Å². The minimum absolute atomic E-state index is 0.590. The molecule has 4 heteroatoms. The predicted molar refractivity (Wildman–Crippen MR) is 79.6 cm³/mol. The average molecular weight is 327 g/mol. The summed E-state index contributed by atoms with van der Waals surface area (Å²) in [7, 11) is 0. The van der Waals surface area contributed by atoms with Crippen LogP contribution in [0.3, 0.4) is 0 Å². The lowest BCUT2D eigenvalue weighted by Gasteiger charge is -2.09. The largest absolute Gasteiger partial charge is 0.492 e. The molecule has 0 saturated carbocycles. The standard InChI is InChI=1S/C14H13BrClNO/c15-11-5-7-12(8-6-11)18-10-9-17-14-4-2-1-3-13(14)16/h1-8,17H,9-10H2. The Bertz CT molecular complexity index is 501. The van der Waals surface area contributed by atoms with E-state index in [1.54, 1.807) is 0 Å². The normalized spacial score (nSPS) is 10.1. The van der Waals surface area contributed by atoms with E-state index in [0.717, 1.165) is 20.9 Å². The fourth-order valence-electron chi connectivity index (χ4n) is 1.49. The molecule has 0 unspecified atom stereocenters. The maximum atomic E-state index is 6.03. The van der Waals surface area contributed by atoms with Crippen LogP contribution in [0.15, 0.2) is 53.0 Å². The molecule has 0 heterocycles. The molecule has 0 saturated heterocycles. The van der Waals surface area contributed by atoms with Crippen molar-refractivity contribution in [2.75, 3.05) is 18.5 Å². The van der Waals surface area contributed by atoms with Gasteiger partial charge < -0.3 is 10.1 Å². The highest BCUT2D eigenvalue weighted by atomic mass is 79.9. The predicted octanol–water partition coefficient (Wildman–Crippen LogP) is 4.59. The van der Waals surface area contributed by atoms with Crippen LogP contribution >= 0.6 is 27.5 Å². The minimum atomic E-state index is 0.590. The molecule has 2 rings (SSSR count). The van der Waals surface area contributed by atoms with Crippen molar-refractivity contribution in [1.82, 2.24) is 0 Å². The average Bonchev–Trinajstić information content (AvgIpc) is 2.39. The minimum Gasteiger partial charge on any atom is -0.492 e. The van der Waals surface area contributed by atoms with E-state index in [1.807, 2.05) is 48.5 Å². The van der Waals surface area contributed by atoms with Gasteiger partial charge in [-0.2, -0.15) is 0 Å². The maximum absolute atomic E-state index is 6.03. The molecule has 0 aromatic heterocycles. The molecule has 18 heavy (non-hydrogen) atoms. The number of hydrogen-bond donors (Lipinski definition) is 1. The number of halogens is 2. The second-order valence-corrected chi connectivity index (χ2v) is 5.03. The van der Waals surface area contributed by atoms with E-state index < -0.39 is 0 Å². The monoisotopic (exact) mass is 325 g/mol. The Morgan fingerprint density at radius 1 is 1.06 bits per heavy atom. The summed E-state index contributed by atoms with van der Waals surface area (Å²) in [6, 6.07) is 15.4. The Kier molecular flexibility index (Phi) is 4.90. The summed E-state index contributed by atoms with van der Waals surface area (Å²) in [6.45, 7) is 1.30. The van der Waals surface area contributed by atoms with E-state index in [0.29, 0.717) is 13.2 Å². The van der Waals surface area contributed by atoms with Gasteiger partial charge in [-0.05, 0) is 36.4 Å². The Hall–Kier alpha value is -1.19. The Morgan fingerprint density at radius 2 is 1.78 bits per heavy atom. The number of anilines is 1. The van der Waals surface area contributed by atoms with E-state index in [-0.39, 0.29) is 0 Å². The molecule has 0 aliphatic carbocycles. The van der Waals surface area contributed by atoms with E-state index >= 15 is 0 Å². The molecule has 2 aromatic carbocycles. The molecule has 0 radical (unpaired) electrons. The number of nitrogens with one attached hydrogen (secondary N) is 1. The van der Waals surface area contributed by atoms with Gasteiger partial charge >= 0.3 is 0 Å². The first-order valence-corrected chi connectivity index (χ1v) is 6.79. The molecular formula is C14H13BrClNO. The van der Waals surface area contributed by atoms with Gasteiger partial charge in [0, 0.05) is 11.0 Å². The third-order valence-electron chi connectivity index (χ3n) is 2.37. The van der Waals surface area contributed by atoms with Crippen LogP contribution in [0.2, 0.25) is 5.02 Å². The molecule has 0 aliphatic heterocycles. The summed E-state index contributed by atoms with van der Waals surface area (Å²) >= 11 is 9.41. The SMILES string of the molecule is Clc1ccccc1NCCOc1ccc(Br)cc1. The molecule has 0 fully saturated rings. The zero-order valence-corrected chi connectivity index (χ0v) is 12.0. The van der Waals surface area contributed by atoms with E-state index in [9.17, 15) is 0 Å². The number of benzene rings is 2. The summed E-state index contributed by atoms with van der Waals surface area (Å²) in [5, 5.41) is 3.95. The highest BCUT2D eigenvalue weighted by molar-refractivity contribution is 9.10. The lowest BCUT2D eigenvalue weighted by atomic mass is 10.3. The van der Waals surface area contributed by atoms with E-state index in [2.05, 4.69) is 21.2 Å². The van der Waals surface area contributed by atoms with Crippen LogP contribution in [0.1, 0.15) is 0 Å². The highest BCUT2D eigenvalue weighted by Gasteiger charge is 1.97. The summed E-state index contributed by atoms with van der Waals surface area (Å²) < 4.78 is 6.64. The van der Waals surface area contributed by atoms with Gasteiger partial charge in [-0.1, -0.05) is 39.7 Å². The second-order valence-electron chi connectivity index (χ2n) is 3.71. The molecule has 94 valence electrons. The lowest BCUT2D eigenvalue weighted by molar-refractivity contribution is 0.333. The fraction of sp³-hybridized carbons (Fsp3) is 0.143. The van der Waals surface area contributed by atoms with Crippen molar-refractivity contribution in [1.29, 1.82) is 0 Å². The van der Waals surface area contributed by atoms with Crippen LogP contribution in [0.25, 0.3) is 0 Å². The summed E-state index contributed by atoms with van der Waals surface area (Å²) in [6.07, 6.45) is 0. The molecule has 0 bridgehead atoms. The first-order chi connectivity index (χ1) is 8.75. The van der Waals surface area contributed by atoms with Gasteiger partial charge in [0.05, 0.1) is 10.7 Å². The van der Waals surface area contributed by atoms with Gasteiger partial charge in [-0.15, -0.1) is 0 Å². The zero-order valence-electron chi connectivity index (χ0n) is 9.70. The second kappa shape index (κ2) is 6.66. The number of ether oxygens (including phenoxy) is 1. The van der Waals surface area contributed by atoms with Crippen LogP contribution in [-0.4, -0.2) is 13.2 Å². The van der Waals surface area contributed by atoms with Gasteiger partial charge in [0.2, 0.25) is 0 Å². The smallest absolute Gasteiger partial charge is 0.119 e. The lowest BCUT2D eigenvalue weighted by Crippen LogP contribution is -2.11. The topological polar surface area (TPSA) is 21.3 Å². The number of para-hydroxylation sites is 1. The third kappa shape index (κ3) is 3.93. The summed E-state index contributed by atoms with van der Waals surface area (Å²) in [4.78, 5) is 0. The Balaban J connectivity index is 1.76. The molecule has 0 atom stereocenters. The molecule has 2 nitrogen and oxygen atoms in total. The van der Waals surface area contributed by atoms with Crippen LogP contribution in [-0.2, 0) is 0 Å². The Morgan fingerprint density at radius 3 is 2.50 bits per heavy atom. The molecule has 1 N–H and O–H groups in total. The zero-order chi connectivity index (χ0) is 12.8. The van der Waals surface area contributed by atoms with E-state index in [4.69, 9.17) is 16.3 Å². The van der Waals surface area contributed by atoms with Crippen molar-refractivity contribution in [3.05, 3.63) is 58.0 Å². The van der Waals surface area contributed by atoms with Crippen LogP contribution in [0, 0.1) is 0 Å². The van der Waals surface area contributed by atoms with Crippen molar-refractivity contribution in [2.24, 2.45) is 0 Å². The van der Waals surface area contributed by atoms with Gasteiger partial charge in [-0.3, -0.25) is 0 Å². The Labute approximate surface area is 120 Å². The summed E-state index contributed by atoms with van der Waals surface area (Å²) in [5.74, 6) is 0.860. The molecule has 0 amide bonds. The maximum Gasteiger partial charge on any atom is 0.119 e. The molecular weight excluding hydrogens is 314 g/mol. The van der Waals surface area contributed by atoms with Gasteiger partial charge in [-0.25, -0.2) is 0 Å². The molecule has 0 spiro atoms. The van der Waals surface area contributed by atoms with Crippen molar-refractivity contribution < 1.29 is 4.74 Å². The van der Waals surface area contributed by atoms with Crippen molar-refractivity contribution in [2.45, 2.75) is 0 Å². The first kappa shape index (κ1) is 13.2. The van der Waals surface area contributed by atoms with E-state index in [1.165, 1.54) is 0 Å². The highest BCUT2D eigenvalue weighted by Crippen LogP contribution is 2.20. The van der Waals surface area contributed by atoms with Crippen molar-refractivity contribution in [3.63, 3.8) is 0 Å². The van der Waals surface area contributed by atoms with Crippen molar-refractivity contribution in [3.8, 4) is 5.75 Å². The van der Waals surface area contributed by atoms with Gasteiger partial charge in [0.25, 0.3) is 0 Å². The number of hydrogen-bond acceptors (Lipinski definition) is 2. The van der Waals surface area contributed by atoms with Crippen LogP contribution in [0.4, 0.5) is 5.69 Å². The first-order valence-electron chi connectivity index (χ1n) is 5.62. The quantitative estimate of drug-likeness (QED) is 0.811.